The van der Waals surface area contributed by atoms with E-state index >= 15 is 0 Å². The summed E-state index contributed by atoms with van der Waals surface area (Å²) in [5.74, 6) is 0.337. The first-order valence-electron chi connectivity index (χ1n) is 5.09. The molecule has 0 aliphatic rings. The molecule has 7 nitrogen and oxygen atoms in total. The third-order valence-corrected chi connectivity index (χ3v) is 2.50. The number of hydrogen-bond donors (Lipinski definition) is 2. The molecule has 0 radical (unpaired) electrons. The first kappa shape index (κ1) is 12.2. The van der Waals surface area contributed by atoms with Crippen molar-refractivity contribution < 1.29 is 9.84 Å². The minimum Gasteiger partial charge on any atom is -0.389 e. The van der Waals surface area contributed by atoms with E-state index in [4.69, 9.17) is 10.5 Å². The van der Waals surface area contributed by atoms with Crippen LogP contribution in [0.15, 0.2) is 12.7 Å². The normalized spacial score (nSPS) is 13.1. The fourth-order valence-corrected chi connectivity index (χ4v) is 1.65. The van der Waals surface area contributed by atoms with Crippen molar-refractivity contribution in [3.05, 3.63) is 12.7 Å². The van der Waals surface area contributed by atoms with Crippen LogP contribution in [0.25, 0.3) is 11.2 Å². The summed E-state index contributed by atoms with van der Waals surface area (Å²) in [5, 5.41) is 9.72. The molecule has 2 atom stereocenters. The van der Waals surface area contributed by atoms with Crippen LogP contribution < -0.4 is 5.73 Å². The van der Waals surface area contributed by atoms with E-state index in [1.54, 1.807) is 10.9 Å². The van der Waals surface area contributed by atoms with Crippen LogP contribution in [0.5, 0.6) is 0 Å². The van der Waals surface area contributed by atoms with Gasteiger partial charge in [0.1, 0.15) is 11.8 Å². The molecule has 2 unspecified atom stereocenters. The van der Waals surface area contributed by atoms with E-state index in [2.05, 4.69) is 24.2 Å². The molecule has 2 aromatic heterocycles. The summed E-state index contributed by atoms with van der Waals surface area (Å²) < 4.78 is 6.83. The fraction of sp³-hybridized carbons (Fsp3) is 0.444. The van der Waals surface area contributed by atoms with Crippen LogP contribution >= 0.6 is 9.24 Å². The molecule has 2 heterocycles. The Balaban J connectivity index is 2.16. The summed E-state index contributed by atoms with van der Waals surface area (Å²) in [6.45, 7) is 0.626. The van der Waals surface area contributed by atoms with Crippen molar-refractivity contribution in [2.45, 2.75) is 12.6 Å². The van der Waals surface area contributed by atoms with Gasteiger partial charge in [-0.1, -0.05) is 0 Å². The molecular weight excluding hydrogens is 241 g/mol. The highest BCUT2D eigenvalue weighted by atomic mass is 31.0. The van der Waals surface area contributed by atoms with Gasteiger partial charge in [-0.25, -0.2) is 15.0 Å². The number of aromatic nitrogens is 4. The lowest BCUT2D eigenvalue weighted by Crippen LogP contribution is -2.21. The van der Waals surface area contributed by atoms with Gasteiger partial charge in [0, 0.05) is 0 Å². The molecule has 17 heavy (non-hydrogen) atoms. The van der Waals surface area contributed by atoms with E-state index < -0.39 is 6.10 Å². The van der Waals surface area contributed by atoms with E-state index in [0.717, 1.165) is 0 Å². The lowest BCUT2D eigenvalue weighted by atomic mass is 10.4. The van der Waals surface area contributed by atoms with E-state index in [9.17, 15) is 5.11 Å². The highest BCUT2D eigenvalue weighted by molar-refractivity contribution is 7.16. The molecule has 0 fully saturated rings. The molecule has 0 bridgehead atoms. The number of nitrogen functional groups attached to an aromatic ring is 1. The average molecular weight is 255 g/mol. The fourth-order valence-electron chi connectivity index (χ4n) is 1.52. The number of aliphatic hydroxyl groups excluding tert-OH is 1. The van der Waals surface area contributed by atoms with Crippen molar-refractivity contribution in [3.8, 4) is 0 Å². The lowest BCUT2D eigenvalue weighted by Gasteiger charge is -2.11. The highest BCUT2D eigenvalue weighted by Gasteiger charge is 2.11. The molecule has 0 amide bonds. The van der Waals surface area contributed by atoms with Crippen molar-refractivity contribution in [1.29, 1.82) is 0 Å². The molecule has 0 aliphatic heterocycles. The topological polar surface area (TPSA) is 99.1 Å². The zero-order valence-corrected chi connectivity index (χ0v) is 10.3. The Morgan fingerprint density at radius 3 is 3.06 bits per heavy atom. The standard InChI is InChI=1S/C9H14N5O2P/c10-8-7-9(12-3-11-8)14(4-13-7)1-6(15)2-16-5-17/h3-4,6,15H,1-2,5,17H2,(H2,10,11,12). The van der Waals surface area contributed by atoms with Crippen molar-refractivity contribution in [2.24, 2.45) is 0 Å². The third-order valence-electron chi connectivity index (χ3n) is 2.27. The predicted molar refractivity (Wildman–Crippen MR) is 66.3 cm³/mol. The number of nitrogens with zero attached hydrogens (tertiary/aromatic N) is 4. The second-order valence-corrected chi connectivity index (χ2v) is 3.85. The number of rotatable bonds is 5. The number of fused-ring (bicyclic) bond motifs is 1. The summed E-state index contributed by atoms with van der Waals surface area (Å²) in [7, 11) is 2.43. The van der Waals surface area contributed by atoms with Crippen LogP contribution in [0.2, 0.25) is 0 Å². The number of anilines is 1. The molecule has 2 rings (SSSR count). The van der Waals surface area contributed by atoms with Crippen LogP contribution in [0, 0.1) is 0 Å². The molecule has 0 saturated heterocycles. The Morgan fingerprint density at radius 1 is 1.47 bits per heavy atom. The van der Waals surface area contributed by atoms with Crippen molar-refractivity contribution >= 4 is 26.2 Å². The molecule has 2 aromatic rings. The van der Waals surface area contributed by atoms with Gasteiger partial charge < -0.3 is 20.1 Å². The second-order valence-electron chi connectivity index (χ2n) is 3.52. The minimum atomic E-state index is -0.607. The molecule has 92 valence electrons. The summed E-state index contributed by atoms with van der Waals surface area (Å²) in [5.41, 5.74) is 6.82. The number of ether oxygens (including phenoxy) is 1. The smallest absolute Gasteiger partial charge is 0.165 e. The first-order valence-corrected chi connectivity index (χ1v) is 5.91. The van der Waals surface area contributed by atoms with Crippen LogP contribution in [0.4, 0.5) is 5.82 Å². The third kappa shape index (κ3) is 2.69. The molecular formula is C9H14N5O2P. The zero-order valence-electron chi connectivity index (χ0n) is 9.15. The summed E-state index contributed by atoms with van der Waals surface area (Å²) in [6, 6.07) is 0. The van der Waals surface area contributed by atoms with E-state index in [1.807, 2.05) is 0 Å². The molecule has 0 aromatic carbocycles. The molecule has 0 saturated carbocycles. The SMILES string of the molecule is Nc1ncnc2c1ncn2CC(O)COCP. The maximum atomic E-state index is 9.72. The minimum absolute atomic E-state index is 0.268. The van der Waals surface area contributed by atoms with Gasteiger partial charge >= 0.3 is 0 Å². The number of hydrogen-bond acceptors (Lipinski definition) is 6. The van der Waals surface area contributed by atoms with E-state index in [0.29, 0.717) is 29.9 Å². The number of aliphatic hydroxyl groups is 1. The zero-order chi connectivity index (χ0) is 12.3. The van der Waals surface area contributed by atoms with Gasteiger partial charge in [-0.05, 0) is 0 Å². The molecule has 3 N–H and O–H groups in total. The maximum Gasteiger partial charge on any atom is 0.165 e. The molecule has 8 heteroatoms. The van der Waals surface area contributed by atoms with Crippen LogP contribution in [0.1, 0.15) is 0 Å². The van der Waals surface area contributed by atoms with Crippen LogP contribution in [-0.4, -0.2) is 43.7 Å². The van der Waals surface area contributed by atoms with Gasteiger partial charge in [0.2, 0.25) is 0 Å². The number of nitrogens with two attached hydrogens (primary N) is 1. The quantitative estimate of drug-likeness (QED) is 0.706. The number of imidazole rings is 1. The lowest BCUT2D eigenvalue weighted by molar-refractivity contribution is 0.0480. The summed E-state index contributed by atoms with van der Waals surface area (Å²) in [4.78, 5) is 12.0. The van der Waals surface area contributed by atoms with Crippen molar-refractivity contribution in [1.82, 2.24) is 19.5 Å². The Labute approximate surface area is 100 Å². The largest absolute Gasteiger partial charge is 0.389 e. The molecule has 0 aliphatic carbocycles. The van der Waals surface area contributed by atoms with Gasteiger partial charge in [-0.3, -0.25) is 0 Å². The van der Waals surface area contributed by atoms with Gasteiger partial charge in [-0.15, -0.1) is 9.24 Å². The Bertz CT molecular complexity index is 503. The van der Waals surface area contributed by atoms with Crippen molar-refractivity contribution in [3.63, 3.8) is 0 Å². The Morgan fingerprint density at radius 2 is 2.29 bits per heavy atom. The van der Waals surface area contributed by atoms with Crippen LogP contribution in [0.3, 0.4) is 0 Å². The van der Waals surface area contributed by atoms with Gasteiger partial charge in [-0.2, -0.15) is 0 Å². The predicted octanol–water partition coefficient (Wildman–Crippen LogP) is -0.381. The highest BCUT2D eigenvalue weighted by Crippen LogP contribution is 2.14. The summed E-state index contributed by atoms with van der Waals surface area (Å²) >= 11 is 0. The summed E-state index contributed by atoms with van der Waals surface area (Å²) in [6.07, 6.45) is 2.85. The van der Waals surface area contributed by atoms with Gasteiger partial charge in [0.25, 0.3) is 0 Å². The Hall–Kier alpha value is -1.30. The van der Waals surface area contributed by atoms with Crippen molar-refractivity contribution in [2.75, 3.05) is 18.7 Å². The van der Waals surface area contributed by atoms with E-state index in [-0.39, 0.29) is 6.61 Å². The van der Waals surface area contributed by atoms with Gasteiger partial charge in [0.05, 0.1) is 31.9 Å². The Kier molecular flexibility index (Phi) is 3.83. The van der Waals surface area contributed by atoms with Gasteiger partial charge in [0.15, 0.2) is 11.5 Å². The molecule has 0 spiro atoms. The first-order chi connectivity index (χ1) is 8.22. The second kappa shape index (κ2) is 5.35. The average Bonchev–Trinajstić information content (AvgIpc) is 2.71. The van der Waals surface area contributed by atoms with E-state index in [1.165, 1.54) is 6.33 Å². The monoisotopic (exact) mass is 255 g/mol. The maximum absolute atomic E-state index is 9.72. The van der Waals surface area contributed by atoms with Crippen LogP contribution in [-0.2, 0) is 11.3 Å².